The number of hydrogen-bond donors (Lipinski definition) is 1. The van der Waals surface area contributed by atoms with Crippen molar-refractivity contribution < 1.29 is 31.8 Å². The number of nitrogens with one attached hydrogen (secondary N) is 1. The van der Waals surface area contributed by atoms with Crippen LogP contribution in [0.3, 0.4) is 0 Å². The van der Waals surface area contributed by atoms with Crippen LogP contribution in [0, 0.1) is 5.82 Å². The van der Waals surface area contributed by atoms with Crippen LogP contribution in [0.1, 0.15) is 11.8 Å². The first-order valence-electron chi connectivity index (χ1n) is 11.1. The van der Waals surface area contributed by atoms with Crippen LogP contribution in [0.4, 0.5) is 10.3 Å². The van der Waals surface area contributed by atoms with Gasteiger partial charge in [0.2, 0.25) is 21.9 Å². The van der Waals surface area contributed by atoms with Gasteiger partial charge in [0, 0.05) is 13.2 Å². The lowest BCUT2D eigenvalue weighted by atomic mass is 10.2. The maximum atomic E-state index is 13.3. The Labute approximate surface area is 218 Å². The van der Waals surface area contributed by atoms with Crippen LogP contribution >= 0.6 is 0 Å². The number of para-hydroxylation sites is 1. The van der Waals surface area contributed by atoms with Gasteiger partial charge in [0.25, 0.3) is 0 Å². The van der Waals surface area contributed by atoms with Crippen LogP contribution in [0.5, 0.6) is 17.4 Å². The normalized spacial score (nSPS) is 12.1. The minimum Gasteiger partial charge on any atom is -0.494 e. The maximum Gasteiger partial charge on any atom is 0.243 e. The molecular weight excluding hydrogens is 519 g/mol. The monoisotopic (exact) mass is 544 g/mol. The topological polar surface area (TPSA) is 140 Å². The Morgan fingerprint density at radius 2 is 1.66 bits per heavy atom. The molecule has 0 aliphatic rings. The van der Waals surface area contributed by atoms with E-state index in [1.807, 2.05) is 0 Å². The van der Waals surface area contributed by atoms with E-state index in [2.05, 4.69) is 24.9 Å². The molecule has 12 nitrogen and oxygen atoms in total. The van der Waals surface area contributed by atoms with Gasteiger partial charge in [0.05, 0.1) is 33.2 Å². The number of halogens is 1. The Morgan fingerprint density at radius 1 is 0.947 bits per heavy atom. The van der Waals surface area contributed by atoms with Crippen LogP contribution in [-0.4, -0.2) is 67.3 Å². The third-order valence-corrected chi connectivity index (χ3v) is 6.67. The molecule has 0 spiro atoms. The number of anilines is 1. The molecule has 0 bridgehead atoms. The van der Waals surface area contributed by atoms with E-state index in [0.717, 1.165) is 6.20 Å². The minimum absolute atomic E-state index is 0.158. The lowest BCUT2D eigenvalue weighted by Crippen LogP contribution is -2.25. The van der Waals surface area contributed by atoms with E-state index in [1.54, 1.807) is 36.4 Å². The van der Waals surface area contributed by atoms with Gasteiger partial charge in [-0.25, -0.2) is 17.8 Å². The number of benzene rings is 1. The number of nitrogens with zero attached hydrogens (tertiary/aromatic N) is 5. The zero-order valence-corrected chi connectivity index (χ0v) is 21.8. The largest absolute Gasteiger partial charge is 0.494 e. The molecule has 0 amide bonds. The summed E-state index contributed by atoms with van der Waals surface area (Å²) in [6, 6.07) is 12.6. The highest BCUT2D eigenvalue weighted by Gasteiger charge is 2.28. The van der Waals surface area contributed by atoms with Gasteiger partial charge in [-0.1, -0.05) is 12.1 Å². The van der Waals surface area contributed by atoms with Crippen LogP contribution in [0.25, 0.3) is 17.2 Å². The summed E-state index contributed by atoms with van der Waals surface area (Å²) in [5.74, 6) is -0.0200. The molecule has 0 saturated heterocycles. The summed E-state index contributed by atoms with van der Waals surface area (Å²) < 4.78 is 65.4. The first kappa shape index (κ1) is 26.8. The van der Waals surface area contributed by atoms with Crippen molar-refractivity contribution in [2.24, 2.45) is 0 Å². The van der Waals surface area contributed by atoms with Gasteiger partial charge in [-0.05, 0) is 30.3 Å². The van der Waals surface area contributed by atoms with Gasteiger partial charge in [0.15, 0.2) is 5.82 Å². The number of aromatic nitrogens is 5. The van der Waals surface area contributed by atoms with Gasteiger partial charge < -0.3 is 18.9 Å². The van der Waals surface area contributed by atoms with Crippen molar-refractivity contribution >= 4 is 16.0 Å². The second-order valence-corrected chi connectivity index (χ2v) is 9.54. The lowest BCUT2D eigenvalue weighted by Gasteiger charge is -2.19. The third-order valence-electron chi connectivity index (χ3n) is 5.43. The molecule has 14 heteroatoms. The molecule has 200 valence electrons. The molecule has 4 rings (SSSR count). The Kier molecular flexibility index (Phi) is 8.02. The van der Waals surface area contributed by atoms with Crippen LogP contribution in [0.2, 0.25) is 0 Å². The SMILES string of the molecule is COc1cccc(-c2nnc(NS(=O)(=O)CC(OC)c3ccc(F)cn3)n2-c2c(OC)cccc2OC)n1. The number of pyridine rings is 2. The summed E-state index contributed by atoms with van der Waals surface area (Å²) in [6.07, 6.45) is 0.00384. The van der Waals surface area contributed by atoms with Crippen LogP contribution < -0.4 is 18.9 Å². The Hall–Kier alpha value is -4.30. The van der Waals surface area contributed by atoms with Crippen LogP contribution in [-0.2, 0) is 14.8 Å². The fourth-order valence-corrected chi connectivity index (χ4v) is 4.86. The molecule has 1 atom stereocenters. The van der Waals surface area contributed by atoms with Gasteiger partial charge in [0.1, 0.15) is 40.6 Å². The highest BCUT2D eigenvalue weighted by Crippen LogP contribution is 2.37. The molecule has 1 unspecified atom stereocenters. The maximum absolute atomic E-state index is 13.3. The molecule has 3 heterocycles. The quantitative estimate of drug-likeness (QED) is 0.300. The fraction of sp³-hybridized carbons (Fsp3) is 0.250. The predicted octanol–water partition coefficient (Wildman–Crippen LogP) is 3.02. The van der Waals surface area contributed by atoms with E-state index in [1.165, 1.54) is 45.1 Å². The van der Waals surface area contributed by atoms with Crippen molar-refractivity contribution in [3.05, 3.63) is 66.2 Å². The Morgan fingerprint density at radius 3 is 2.26 bits per heavy atom. The molecule has 3 aromatic heterocycles. The summed E-state index contributed by atoms with van der Waals surface area (Å²) in [6.45, 7) is 0. The van der Waals surface area contributed by atoms with E-state index in [4.69, 9.17) is 18.9 Å². The average Bonchev–Trinajstić information content (AvgIpc) is 3.33. The number of hydrogen-bond acceptors (Lipinski definition) is 10. The lowest BCUT2D eigenvalue weighted by molar-refractivity contribution is 0.118. The number of rotatable bonds is 11. The second kappa shape index (κ2) is 11.4. The van der Waals surface area contributed by atoms with Crippen molar-refractivity contribution in [3.63, 3.8) is 0 Å². The molecule has 38 heavy (non-hydrogen) atoms. The summed E-state index contributed by atoms with van der Waals surface area (Å²) in [4.78, 5) is 8.35. The van der Waals surface area contributed by atoms with Gasteiger partial charge in [-0.15, -0.1) is 10.2 Å². The molecule has 4 aromatic rings. The van der Waals surface area contributed by atoms with Gasteiger partial charge >= 0.3 is 0 Å². The molecule has 0 fully saturated rings. The van der Waals surface area contributed by atoms with Crippen LogP contribution in [0.15, 0.2) is 54.7 Å². The van der Waals surface area contributed by atoms with E-state index >= 15 is 0 Å². The smallest absolute Gasteiger partial charge is 0.243 e. The van der Waals surface area contributed by atoms with Gasteiger partial charge in [-0.3, -0.25) is 14.3 Å². The zero-order chi connectivity index (χ0) is 27.3. The van der Waals surface area contributed by atoms with Crippen molar-refractivity contribution in [3.8, 4) is 34.6 Å². The number of sulfonamides is 1. The molecule has 0 aliphatic carbocycles. The van der Waals surface area contributed by atoms with Crippen molar-refractivity contribution in [2.45, 2.75) is 6.10 Å². The standard InChI is InChI=1S/C24H25FN6O6S/c1-34-18-8-6-9-19(35-2)22(18)31-23(17-7-5-10-21(27-17)37-4)28-29-24(31)30-38(32,33)14-20(36-3)16-12-11-15(25)13-26-16/h5-13,20H,14H2,1-4H3,(H,29,30). The third kappa shape index (κ3) is 5.65. The van der Waals surface area contributed by atoms with Crippen molar-refractivity contribution in [1.82, 2.24) is 24.7 Å². The molecule has 1 aromatic carbocycles. The molecule has 0 saturated carbocycles. The molecule has 0 radical (unpaired) electrons. The first-order chi connectivity index (χ1) is 18.3. The average molecular weight is 545 g/mol. The van der Waals surface area contributed by atoms with E-state index < -0.39 is 27.7 Å². The summed E-state index contributed by atoms with van der Waals surface area (Å²) in [5.41, 5.74) is 0.928. The van der Waals surface area contributed by atoms with Crippen molar-refractivity contribution in [1.29, 1.82) is 0 Å². The Bertz CT molecular complexity index is 1490. The summed E-state index contributed by atoms with van der Waals surface area (Å²) in [5, 5.41) is 8.31. The minimum atomic E-state index is -4.11. The van der Waals surface area contributed by atoms with E-state index in [9.17, 15) is 12.8 Å². The highest BCUT2D eigenvalue weighted by molar-refractivity contribution is 7.92. The number of methoxy groups -OCH3 is 4. The summed E-state index contributed by atoms with van der Waals surface area (Å²) in [7, 11) is 1.63. The Balaban J connectivity index is 1.81. The first-order valence-corrected chi connectivity index (χ1v) is 12.8. The zero-order valence-electron chi connectivity index (χ0n) is 21.0. The van der Waals surface area contributed by atoms with Gasteiger partial charge in [-0.2, -0.15) is 0 Å². The second-order valence-electron chi connectivity index (χ2n) is 7.77. The predicted molar refractivity (Wildman–Crippen MR) is 136 cm³/mol. The molecular formula is C24H25FN6O6S. The molecule has 0 aliphatic heterocycles. The highest BCUT2D eigenvalue weighted by atomic mass is 32.2. The van der Waals surface area contributed by atoms with E-state index in [-0.39, 0.29) is 17.5 Å². The van der Waals surface area contributed by atoms with Crippen molar-refractivity contribution in [2.75, 3.05) is 38.9 Å². The summed E-state index contributed by atoms with van der Waals surface area (Å²) >= 11 is 0. The number of ether oxygens (including phenoxy) is 4. The fourth-order valence-electron chi connectivity index (χ4n) is 3.67. The van der Waals surface area contributed by atoms with E-state index in [0.29, 0.717) is 28.8 Å². The molecule has 1 N–H and O–H groups in total.